The molecular weight excluding hydrogens is 212 g/mol. The van der Waals surface area contributed by atoms with Crippen LogP contribution in [0.25, 0.3) is 0 Å². The summed E-state index contributed by atoms with van der Waals surface area (Å²) in [4.78, 5) is 4.30. The second-order valence-electron chi connectivity index (χ2n) is 4.98. The van der Waals surface area contributed by atoms with Crippen LogP contribution in [0.1, 0.15) is 52.3 Å². The van der Waals surface area contributed by atoms with E-state index in [1.807, 2.05) is 4.68 Å². The fourth-order valence-electron chi connectivity index (χ4n) is 1.77. The molecule has 1 heterocycles. The summed E-state index contributed by atoms with van der Waals surface area (Å²) in [5.74, 6) is 1.73. The number of aryl methyl sites for hydroxylation is 1. The number of unbranched alkanes of at least 4 members (excludes halogenated alkanes) is 3. The number of hydrogen-bond acceptors (Lipinski definition) is 3. The Hall–Kier alpha value is -0.900. The van der Waals surface area contributed by atoms with E-state index < -0.39 is 0 Å². The van der Waals surface area contributed by atoms with Gasteiger partial charge in [0.05, 0.1) is 6.54 Å². The van der Waals surface area contributed by atoms with Crippen LogP contribution in [-0.4, -0.2) is 21.3 Å². The summed E-state index contributed by atoms with van der Waals surface area (Å²) >= 11 is 0. The maximum absolute atomic E-state index is 4.30. The largest absolute Gasteiger partial charge is 0.310 e. The third-order valence-electron chi connectivity index (χ3n) is 2.75. The Kier molecular flexibility index (Phi) is 6.86. The minimum absolute atomic E-state index is 0.677. The smallest absolute Gasteiger partial charge is 0.140 e. The molecule has 0 aromatic carbocycles. The van der Waals surface area contributed by atoms with Crippen LogP contribution in [0.2, 0.25) is 0 Å². The highest BCUT2D eigenvalue weighted by Crippen LogP contribution is 2.03. The van der Waals surface area contributed by atoms with Crippen LogP contribution < -0.4 is 5.32 Å². The molecule has 0 atom stereocenters. The van der Waals surface area contributed by atoms with Gasteiger partial charge in [0.25, 0.3) is 0 Å². The van der Waals surface area contributed by atoms with Gasteiger partial charge in [-0.1, -0.05) is 40.0 Å². The zero-order valence-electron chi connectivity index (χ0n) is 11.4. The molecule has 0 aliphatic carbocycles. The van der Waals surface area contributed by atoms with Crippen molar-refractivity contribution in [2.75, 3.05) is 6.54 Å². The minimum Gasteiger partial charge on any atom is -0.310 e. The van der Waals surface area contributed by atoms with Crippen molar-refractivity contribution in [3.63, 3.8) is 0 Å². The fourth-order valence-corrected chi connectivity index (χ4v) is 1.77. The summed E-state index contributed by atoms with van der Waals surface area (Å²) < 4.78 is 2.03. The molecule has 98 valence electrons. The summed E-state index contributed by atoms with van der Waals surface area (Å²) in [6, 6.07) is 0. The Morgan fingerprint density at radius 1 is 1.29 bits per heavy atom. The van der Waals surface area contributed by atoms with Crippen molar-refractivity contribution in [3.05, 3.63) is 12.2 Å². The molecule has 1 rings (SSSR count). The van der Waals surface area contributed by atoms with Crippen LogP contribution in [0, 0.1) is 5.92 Å². The summed E-state index contributed by atoms with van der Waals surface area (Å²) in [5.41, 5.74) is 0. The van der Waals surface area contributed by atoms with E-state index in [9.17, 15) is 0 Å². The molecule has 0 aliphatic heterocycles. The van der Waals surface area contributed by atoms with E-state index in [0.717, 1.165) is 25.5 Å². The molecular formula is C13H26N4. The Balaban J connectivity index is 2.27. The average Bonchev–Trinajstić information content (AvgIpc) is 2.72. The van der Waals surface area contributed by atoms with Crippen LogP contribution in [0.5, 0.6) is 0 Å². The van der Waals surface area contributed by atoms with E-state index in [0.29, 0.717) is 5.92 Å². The molecule has 0 radical (unpaired) electrons. The highest BCUT2D eigenvalue weighted by molar-refractivity contribution is 4.83. The van der Waals surface area contributed by atoms with E-state index >= 15 is 0 Å². The predicted octanol–water partition coefficient (Wildman–Crippen LogP) is 2.60. The maximum atomic E-state index is 4.30. The van der Waals surface area contributed by atoms with Crippen LogP contribution in [0.4, 0.5) is 0 Å². The Bertz CT molecular complexity index is 293. The molecule has 0 amide bonds. The van der Waals surface area contributed by atoms with Crippen LogP contribution in [0.15, 0.2) is 6.33 Å². The predicted molar refractivity (Wildman–Crippen MR) is 70.7 cm³/mol. The average molecular weight is 238 g/mol. The SMILES string of the molecule is CCCCCCn1ncnc1CNCC(C)C. The third kappa shape index (κ3) is 5.82. The van der Waals surface area contributed by atoms with Gasteiger partial charge in [0.15, 0.2) is 0 Å². The Morgan fingerprint density at radius 2 is 2.12 bits per heavy atom. The molecule has 4 heteroatoms. The maximum Gasteiger partial charge on any atom is 0.140 e. The fraction of sp³-hybridized carbons (Fsp3) is 0.846. The van der Waals surface area contributed by atoms with Crippen LogP contribution in [-0.2, 0) is 13.1 Å². The molecule has 1 N–H and O–H groups in total. The third-order valence-corrected chi connectivity index (χ3v) is 2.75. The molecule has 0 spiro atoms. The van der Waals surface area contributed by atoms with Gasteiger partial charge in [0.1, 0.15) is 12.2 Å². The van der Waals surface area contributed by atoms with Crippen LogP contribution >= 0.6 is 0 Å². The summed E-state index contributed by atoms with van der Waals surface area (Å²) in [5, 5.41) is 7.68. The van der Waals surface area contributed by atoms with Crippen LogP contribution in [0.3, 0.4) is 0 Å². The van der Waals surface area contributed by atoms with Crippen molar-refractivity contribution in [2.45, 2.75) is 59.5 Å². The lowest BCUT2D eigenvalue weighted by Gasteiger charge is -2.08. The summed E-state index contributed by atoms with van der Waals surface area (Å²) in [6.45, 7) is 9.51. The van der Waals surface area contributed by atoms with Crippen molar-refractivity contribution >= 4 is 0 Å². The first-order valence-electron chi connectivity index (χ1n) is 6.81. The van der Waals surface area contributed by atoms with Crippen molar-refractivity contribution in [1.29, 1.82) is 0 Å². The van der Waals surface area contributed by atoms with E-state index in [1.54, 1.807) is 6.33 Å². The van der Waals surface area contributed by atoms with Gasteiger partial charge in [-0.3, -0.25) is 0 Å². The van der Waals surface area contributed by atoms with E-state index in [-0.39, 0.29) is 0 Å². The number of hydrogen-bond donors (Lipinski definition) is 1. The number of aromatic nitrogens is 3. The molecule has 1 aromatic heterocycles. The molecule has 0 fully saturated rings. The van der Waals surface area contributed by atoms with Gasteiger partial charge < -0.3 is 5.32 Å². The highest BCUT2D eigenvalue weighted by atomic mass is 15.3. The van der Waals surface area contributed by atoms with Gasteiger partial charge in [-0.2, -0.15) is 5.10 Å². The molecule has 0 aliphatic rings. The molecule has 0 saturated carbocycles. The van der Waals surface area contributed by atoms with Gasteiger partial charge in [-0.05, 0) is 18.9 Å². The van der Waals surface area contributed by atoms with Crippen molar-refractivity contribution in [1.82, 2.24) is 20.1 Å². The molecule has 4 nitrogen and oxygen atoms in total. The zero-order chi connectivity index (χ0) is 12.5. The second kappa shape index (κ2) is 8.23. The summed E-state index contributed by atoms with van der Waals surface area (Å²) in [6.07, 6.45) is 6.74. The van der Waals surface area contributed by atoms with E-state index in [2.05, 4.69) is 36.2 Å². The summed E-state index contributed by atoms with van der Waals surface area (Å²) in [7, 11) is 0. The standard InChI is InChI=1S/C13H26N4/c1-4-5-6-7-8-17-13(15-11-16-17)10-14-9-12(2)3/h11-12,14H,4-10H2,1-3H3. The lowest BCUT2D eigenvalue weighted by Crippen LogP contribution is -2.21. The highest BCUT2D eigenvalue weighted by Gasteiger charge is 2.03. The lowest BCUT2D eigenvalue weighted by molar-refractivity contribution is 0.490. The van der Waals surface area contributed by atoms with Crippen molar-refractivity contribution in [3.8, 4) is 0 Å². The first-order chi connectivity index (χ1) is 8.24. The molecule has 17 heavy (non-hydrogen) atoms. The topological polar surface area (TPSA) is 42.7 Å². The molecule has 0 unspecified atom stereocenters. The lowest BCUT2D eigenvalue weighted by atomic mass is 10.2. The number of nitrogens with zero attached hydrogens (tertiary/aromatic N) is 3. The van der Waals surface area contributed by atoms with Gasteiger partial charge in [-0.15, -0.1) is 0 Å². The molecule has 0 saturated heterocycles. The first kappa shape index (κ1) is 14.2. The van der Waals surface area contributed by atoms with Gasteiger partial charge in [0.2, 0.25) is 0 Å². The van der Waals surface area contributed by atoms with E-state index in [4.69, 9.17) is 0 Å². The monoisotopic (exact) mass is 238 g/mol. The van der Waals surface area contributed by atoms with Gasteiger partial charge >= 0.3 is 0 Å². The Labute approximate surface area is 105 Å². The molecule has 0 bridgehead atoms. The number of rotatable bonds is 9. The van der Waals surface area contributed by atoms with E-state index in [1.165, 1.54) is 25.7 Å². The number of nitrogens with one attached hydrogen (secondary N) is 1. The first-order valence-corrected chi connectivity index (χ1v) is 6.81. The normalized spacial score (nSPS) is 11.3. The molecule has 1 aromatic rings. The van der Waals surface area contributed by atoms with Crippen molar-refractivity contribution in [2.24, 2.45) is 5.92 Å². The van der Waals surface area contributed by atoms with Gasteiger partial charge in [0, 0.05) is 6.54 Å². The Morgan fingerprint density at radius 3 is 2.82 bits per heavy atom. The van der Waals surface area contributed by atoms with Crippen molar-refractivity contribution < 1.29 is 0 Å². The zero-order valence-corrected chi connectivity index (χ0v) is 11.4. The van der Waals surface area contributed by atoms with Gasteiger partial charge in [-0.25, -0.2) is 9.67 Å². The second-order valence-corrected chi connectivity index (χ2v) is 4.98. The minimum atomic E-state index is 0.677. The quantitative estimate of drug-likeness (QED) is 0.672.